The van der Waals surface area contributed by atoms with Crippen molar-refractivity contribution in [3.8, 4) is 0 Å². The van der Waals surface area contributed by atoms with Crippen LogP contribution in [0, 0.1) is 6.92 Å². The summed E-state index contributed by atoms with van der Waals surface area (Å²) >= 11 is 0. The molecule has 0 bridgehead atoms. The lowest BCUT2D eigenvalue weighted by Gasteiger charge is -2.07. The van der Waals surface area contributed by atoms with Crippen molar-refractivity contribution in [1.29, 1.82) is 0 Å². The van der Waals surface area contributed by atoms with E-state index in [9.17, 15) is 9.59 Å². The van der Waals surface area contributed by atoms with Crippen molar-refractivity contribution in [2.24, 2.45) is 0 Å². The SMILES string of the molecule is C/C=C/CCNC(=O)c1c(C)nc(C2CC2)[nH]c1=O. The number of aromatic nitrogens is 2. The van der Waals surface area contributed by atoms with Crippen LogP contribution in [0.4, 0.5) is 0 Å². The summed E-state index contributed by atoms with van der Waals surface area (Å²) in [4.78, 5) is 31.0. The lowest BCUT2D eigenvalue weighted by Crippen LogP contribution is -2.32. The van der Waals surface area contributed by atoms with Crippen LogP contribution >= 0.6 is 0 Å². The van der Waals surface area contributed by atoms with E-state index in [-0.39, 0.29) is 17.0 Å². The predicted octanol–water partition coefficient (Wildman–Crippen LogP) is 1.65. The van der Waals surface area contributed by atoms with Gasteiger partial charge in [-0.2, -0.15) is 0 Å². The molecule has 0 unspecified atom stereocenters. The molecule has 0 saturated heterocycles. The van der Waals surface area contributed by atoms with E-state index < -0.39 is 0 Å². The van der Waals surface area contributed by atoms with Gasteiger partial charge in [0.25, 0.3) is 11.5 Å². The minimum absolute atomic E-state index is 0.130. The Balaban J connectivity index is 2.10. The first-order valence-corrected chi connectivity index (χ1v) is 6.63. The lowest BCUT2D eigenvalue weighted by atomic mass is 10.2. The van der Waals surface area contributed by atoms with Gasteiger partial charge in [-0.25, -0.2) is 4.98 Å². The largest absolute Gasteiger partial charge is 0.351 e. The van der Waals surface area contributed by atoms with Gasteiger partial charge in [0, 0.05) is 12.5 Å². The molecule has 1 saturated carbocycles. The monoisotopic (exact) mass is 261 g/mol. The molecule has 5 heteroatoms. The number of rotatable bonds is 5. The van der Waals surface area contributed by atoms with E-state index in [1.807, 2.05) is 19.1 Å². The van der Waals surface area contributed by atoms with Crippen LogP contribution in [0.2, 0.25) is 0 Å². The zero-order chi connectivity index (χ0) is 13.8. The lowest BCUT2D eigenvalue weighted by molar-refractivity contribution is 0.0951. The second-order valence-electron chi connectivity index (χ2n) is 4.80. The third kappa shape index (κ3) is 3.30. The quantitative estimate of drug-likeness (QED) is 0.625. The van der Waals surface area contributed by atoms with Crippen LogP contribution in [0.25, 0.3) is 0 Å². The number of carbonyl (C=O) groups is 1. The standard InChI is InChI=1S/C14H19N3O2/c1-3-4-5-8-15-13(18)11-9(2)16-12(10-6-7-10)17-14(11)19/h3-4,10H,5-8H2,1-2H3,(H,15,18)(H,16,17,19)/b4-3+. The van der Waals surface area contributed by atoms with Crippen molar-refractivity contribution < 1.29 is 4.79 Å². The molecule has 1 fully saturated rings. The van der Waals surface area contributed by atoms with E-state index in [1.165, 1.54) is 0 Å². The number of nitrogens with zero attached hydrogens (tertiary/aromatic N) is 1. The second kappa shape index (κ2) is 5.82. The van der Waals surface area contributed by atoms with Crippen molar-refractivity contribution in [2.75, 3.05) is 6.54 Å². The fraction of sp³-hybridized carbons (Fsp3) is 0.500. The highest BCUT2D eigenvalue weighted by molar-refractivity contribution is 5.94. The molecule has 1 aliphatic rings. The Kier molecular flexibility index (Phi) is 4.14. The summed E-state index contributed by atoms with van der Waals surface area (Å²) in [6.45, 7) is 4.16. The summed E-state index contributed by atoms with van der Waals surface area (Å²) in [7, 11) is 0. The van der Waals surface area contributed by atoms with Crippen LogP contribution in [0.3, 0.4) is 0 Å². The van der Waals surface area contributed by atoms with Gasteiger partial charge in [-0.05, 0) is 33.1 Å². The zero-order valence-electron chi connectivity index (χ0n) is 11.3. The van der Waals surface area contributed by atoms with Gasteiger partial charge in [0.1, 0.15) is 11.4 Å². The molecule has 0 radical (unpaired) electrons. The number of hydrogen-bond donors (Lipinski definition) is 2. The Morgan fingerprint density at radius 1 is 1.53 bits per heavy atom. The van der Waals surface area contributed by atoms with Crippen LogP contribution in [0.1, 0.15) is 54.0 Å². The van der Waals surface area contributed by atoms with Gasteiger partial charge in [0.2, 0.25) is 0 Å². The summed E-state index contributed by atoms with van der Waals surface area (Å²) in [5.74, 6) is 0.740. The number of allylic oxidation sites excluding steroid dienone is 1. The summed E-state index contributed by atoms with van der Waals surface area (Å²) in [5.41, 5.74) is 0.303. The van der Waals surface area contributed by atoms with Crippen LogP contribution in [0.5, 0.6) is 0 Å². The Morgan fingerprint density at radius 3 is 2.84 bits per heavy atom. The summed E-state index contributed by atoms with van der Waals surface area (Å²) in [6.07, 6.45) is 6.78. The minimum atomic E-state index is -0.349. The average molecular weight is 261 g/mol. The molecule has 1 aromatic rings. The number of carbonyl (C=O) groups excluding carboxylic acids is 1. The third-order valence-electron chi connectivity index (χ3n) is 3.14. The Morgan fingerprint density at radius 2 is 2.26 bits per heavy atom. The number of nitrogens with one attached hydrogen (secondary N) is 2. The zero-order valence-corrected chi connectivity index (χ0v) is 11.3. The normalized spacial score (nSPS) is 14.8. The highest BCUT2D eigenvalue weighted by Crippen LogP contribution is 2.37. The Labute approximate surface area is 112 Å². The van der Waals surface area contributed by atoms with Crippen LogP contribution in [-0.4, -0.2) is 22.4 Å². The van der Waals surface area contributed by atoms with Crippen molar-refractivity contribution in [3.05, 3.63) is 39.6 Å². The first-order valence-electron chi connectivity index (χ1n) is 6.63. The van der Waals surface area contributed by atoms with Crippen LogP contribution in [0.15, 0.2) is 16.9 Å². The average Bonchev–Trinajstić information content (AvgIpc) is 3.18. The number of hydrogen-bond acceptors (Lipinski definition) is 3. The summed E-state index contributed by atoms with van der Waals surface area (Å²) in [6, 6.07) is 0. The molecule has 1 amide bonds. The second-order valence-corrected chi connectivity index (χ2v) is 4.80. The van der Waals surface area contributed by atoms with Crippen molar-refractivity contribution in [3.63, 3.8) is 0 Å². The predicted molar refractivity (Wildman–Crippen MR) is 73.3 cm³/mol. The maximum absolute atomic E-state index is 12.0. The number of H-pyrrole nitrogens is 1. The number of aryl methyl sites for hydroxylation is 1. The number of aromatic amines is 1. The van der Waals surface area contributed by atoms with E-state index in [1.54, 1.807) is 6.92 Å². The van der Waals surface area contributed by atoms with E-state index in [0.29, 0.717) is 24.0 Å². The molecule has 0 atom stereocenters. The van der Waals surface area contributed by atoms with E-state index >= 15 is 0 Å². The molecule has 1 aromatic heterocycles. The van der Waals surface area contributed by atoms with Gasteiger partial charge in [0.15, 0.2) is 0 Å². The summed E-state index contributed by atoms with van der Waals surface area (Å²) in [5, 5.41) is 2.73. The van der Waals surface area contributed by atoms with Crippen molar-refractivity contribution in [1.82, 2.24) is 15.3 Å². The Hall–Kier alpha value is -1.91. The Bertz CT molecular complexity index is 556. The molecule has 5 nitrogen and oxygen atoms in total. The highest BCUT2D eigenvalue weighted by atomic mass is 16.2. The van der Waals surface area contributed by atoms with Gasteiger partial charge in [-0.1, -0.05) is 12.2 Å². The van der Waals surface area contributed by atoms with Crippen molar-refractivity contribution >= 4 is 5.91 Å². The van der Waals surface area contributed by atoms with Crippen LogP contribution < -0.4 is 10.9 Å². The van der Waals surface area contributed by atoms with E-state index in [0.717, 1.165) is 19.3 Å². The van der Waals surface area contributed by atoms with Gasteiger partial charge in [-0.3, -0.25) is 9.59 Å². The van der Waals surface area contributed by atoms with Crippen molar-refractivity contribution in [2.45, 2.75) is 39.0 Å². The molecular weight excluding hydrogens is 242 g/mol. The van der Waals surface area contributed by atoms with Gasteiger partial charge >= 0.3 is 0 Å². The molecule has 0 aromatic carbocycles. The van der Waals surface area contributed by atoms with Gasteiger partial charge < -0.3 is 10.3 Å². The maximum atomic E-state index is 12.0. The third-order valence-corrected chi connectivity index (χ3v) is 3.14. The van der Waals surface area contributed by atoms with E-state index in [2.05, 4.69) is 15.3 Å². The fourth-order valence-electron chi connectivity index (χ4n) is 1.95. The molecule has 0 aliphatic heterocycles. The number of amides is 1. The minimum Gasteiger partial charge on any atom is -0.351 e. The fourth-order valence-corrected chi connectivity index (χ4v) is 1.95. The molecule has 19 heavy (non-hydrogen) atoms. The molecule has 2 N–H and O–H groups in total. The molecule has 1 heterocycles. The molecule has 2 rings (SSSR count). The van der Waals surface area contributed by atoms with Gasteiger partial charge in [-0.15, -0.1) is 0 Å². The molecule has 102 valence electrons. The highest BCUT2D eigenvalue weighted by Gasteiger charge is 2.27. The summed E-state index contributed by atoms with van der Waals surface area (Å²) < 4.78 is 0. The molecular formula is C14H19N3O2. The maximum Gasteiger partial charge on any atom is 0.264 e. The molecule has 0 spiro atoms. The van der Waals surface area contributed by atoms with Gasteiger partial charge in [0.05, 0.1) is 5.69 Å². The molecule has 1 aliphatic carbocycles. The first-order chi connectivity index (χ1) is 9.13. The smallest absolute Gasteiger partial charge is 0.264 e. The topological polar surface area (TPSA) is 74.8 Å². The first kappa shape index (κ1) is 13.5. The van der Waals surface area contributed by atoms with Crippen LogP contribution in [-0.2, 0) is 0 Å². The van der Waals surface area contributed by atoms with E-state index in [4.69, 9.17) is 0 Å².